The molecule has 0 saturated carbocycles. The molecule has 3 heterocycles. The number of anilines is 3. The topological polar surface area (TPSA) is 72.4 Å². The highest BCUT2D eigenvalue weighted by atomic mass is 32.1. The Kier molecular flexibility index (Phi) is 4.85. The van der Waals surface area contributed by atoms with Gasteiger partial charge in [-0.1, -0.05) is 18.2 Å². The Labute approximate surface area is 165 Å². The zero-order chi connectivity index (χ0) is 19.0. The molecule has 0 unspecified atom stereocenters. The van der Waals surface area contributed by atoms with Crippen LogP contribution in [0.4, 0.5) is 17.2 Å². The molecular formula is C20H24N6S. The SMILES string of the molecule is CN1c2nccc(N3CCC[C@@H](N)C3)c2N(Cc2ccccc2C#N)[C@H]1S. The first-order valence-electron chi connectivity index (χ1n) is 9.25. The summed E-state index contributed by atoms with van der Waals surface area (Å²) in [6.07, 6.45) is 4.02. The van der Waals surface area contributed by atoms with Gasteiger partial charge in [0.25, 0.3) is 0 Å². The van der Waals surface area contributed by atoms with Gasteiger partial charge in [0.1, 0.15) is 11.2 Å². The number of nitriles is 1. The number of nitrogens with two attached hydrogens (primary N) is 1. The van der Waals surface area contributed by atoms with Gasteiger partial charge in [0.05, 0.1) is 17.3 Å². The maximum atomic E-state index is 9.46. The van der Waals surface area contributed by atoms with E-state index in [2.05, 4.69) is 31.8 Å². The van der Waals surface area contributed by atoms with Crippen LogP contribution in [0.5, 0.6) is 0 Å². The van der Waals surface area contributed by atoms with E-state index in [1.807, 2.05) is 37.5 Å². The van der Waals surface area contributed by atoms with E-state index in [1.54, 1.807) is 0 Å². The minimum atomic E-state index is -0.140. The third-order valence-electron chi connectivity index (χ3n) is 5.41. The van der Waals surface area contributed by atoms with Crippen LogP contribution in [0.25, 0.3) is 0 Å². The number of hydrogen-bond donors (Lipinski definition) is 2. The second kappa shape index (κ2) is 7.29. The van der Waals surface area contributed by atoms with Crippen LogP contribution >= 0.6 is 12.6 Å². The molecule has 2 N–H and O–H groups in total. The van der Waals surface area contributed by atoms with E-state index in [9.17, 15) is 5.26 Å². The van der Waals surface area contributed by atoms with Crippen molar-refractivity contribution in [3.05, 3.63) is 47.7 Å². The van der Waals surface area contributed by atoms with Crippen molar-refractivity contribution >= 4 is 29.8 Å². The Morgan fingerprint density at radius 1 is 1.33 bits per heavy atom. The Bertz CT molecular complexity index is 879. The van der Waals surface area contributed by atoms with Crippen LogP contribution in [0.1, 0.15) is 24.0 Å². The van der Waals surface area contributed by atoms with Gasteiger partial charge >= 0.3 is 0 Å². The molecule has 4 rings (SSSR count). The number of thiol groups is 1. The average molecular weight is 381 g/mol. The highest BCUT2D eigenvalue weighted by Gasteiger charge is 2.36. The zero-order valence-corrected chi connectivity index (χ0v) is 16.3. The molecule has 0 aliphatic carbocycles. The number of piperidine rings is 1. The molecule has 1 aromatic carbocycles. The Balaban J connectivity index is 1.75. The highest BCUT2D eigenvalue weighted by molar-refractivity contribution is 7.81. The summed E-state index contributed by atoms with van der Waals surface area (Å²) >= 11 is 4.84. The predicted octanol–water partition coefficient (Wildman–Crippen LogP) is 2.55. The third-order valence-corrected chi connectivity index (χ3v) is 6.03. The van der Waals surface area contributed by atoms with Gasteiger partial charge in [-0.05, 0) is 30.5 Å². The van der Waals surface area contributed by atoms with E-state index in [1.165, 1.54) is 0 Å². The third kappa shape index (κ3) is 3.20. The lowest BCUT2D eigenvalue weighted by Gasteiger charge is -2.35. The van der Waals surface area contributed by atoms with E-state index < -0.39 is 0 Å². The van der Waals surface area contributed by atoms with Gasteiger partial charge in [0.15, 0.2) is 5.82 Å². The van der Waals surface area contributed by atoms with E-state index >= 15 is 0 Å². The number of hydrogen-bond acceptors (Lipinski definition) is 7. The van der Waals surface area contributed by atoms with Gasteiger partial charge in [-0.2, -0.15) is 5.26 Å². The molecule has 1 saturated heterocycles. The Morgan fingerprint density at radius 2 is 2.15 bits per heavy atom. The molecule has 2 aromatic rings. The summed E-state index contributed by atoms with van der Waals surface area (Å²) in [5.74, 6) is 0.918. The Morgan fingerprint density at radius 3 is 2.93 bits per heavy atom. The number of rotatable bonds is 3. The van der Waals surface area contributed by atoms with Gasteiger partial charge in [-0.15, -0.1) is 12.6 Å². The molecule has 0 amide bonds. The van der Waals surface area contributed by atoms with Crippen molar-refractivity contribution in [2.45, 2.75) is 30.9 Å². The maximum Gasteiger partial charge on any atom is 0.156 e. The summed E-state index contributed by atoms with van der Waals surface area (Å²) in [6.45, 7) is 2.45. The van der Waals surface area contributed by atoms with E-state index in [-0.39, 0.29) is 11.5 Å². The average Bonchev–Trinajstić information content (AvgIpc) is 2.93. The van der Waals surface area contributed by atoms with Crippen molar-refractivity contribution in [2.24, 2.45) is 5.73 Å². The minimum absolute atomic E-state index is 0.140. The molecule has 27 heavy (non-hydrogen) atoms. The fourth-order valence-electron chi connectivity index (χ4n) is 4.00. The lowest BCUT2D eigenvalue weighted by Crippen LogP contribution is -2.43. The van der Waals surface area contributed by atoms with Crippen LogP contribution in [0.15, 0.2) is 36.5 Å². The molecule has 2 aliphatic heterocycles. The van der Waals surface area contributed by atoms with Crippen molar-refractivity contribution < 1.29 is 0 Å². The smallest absolute Gasteiger partial charge is 0.156 e. The Hall–Kier alpha value is -2.43. The standard InChI is InChI=1S/C20H24N6S/c1-24-19-18(17(8-9-23-19)25-10-4-7-16(22)13-25)26(20(24)27)12-15-6-3-2-5-14(15)11-21/h2-3,5-6,8-9,16,20,27H,4,7,10,12-13,22H2,1H3/t16-,20+/m1/s1. The highest BCUT2D eigenvalue weighted by Crippen LogP contribution is 2.46. The summed E-state index contributed by atoms with van der Waals surface area (Å²) < 4.78 is 0. The predicted molar refractivity (Wildman–Crippen MR) is 112 cm³/mol. The summed E-state index contributed by atoms with van der Waals surface area (Å²) in [5, 5.41) is 9.46. The monoisotopic (exact) mass is 380 g/mol. The molecule has 7 heteroatoms. The number of aromatic nitrogens is 1. The molecule has 0 spiro atoms. The van der Waals surface area contributed by atoms with Gasteiger partial charge < -0.3 is 20.4 Å². The minimum Gasteiger partial charge on any atom is -0.368 e. The summed E-state index contributed by atoms with van der Waals surface area (Å²) in [6, 6.07) is 12.3. The van der Waals surface area contributed by atoms with E-state index in [0.717, 1.165) is 48.7 Å². The molecule has 1 fully saturated rings. The van der Waals surface area contributed by atoms with Crippen LogP contribution < -0.4 is 20.4 Å². The van der Waals surface area contributed by atoms with E-state index in [4.69, 9.17) is 18.4 Å². The van der Waals surface area contributed by atoms with Crippen LogP contribution in [0.3, 0.4) is 0 Å². The lowest BCUT2D eigenvalue weighted by molar-refractivity contribution is 0.506. The molecule has 2 atom stereocenters. The largest absolute Gasteiger partial charge is 0.368 e. The number of pyridine rings is 1. The summed E-state index contributed by atoms with van der Waals surface area (Å²) in [4.78, 5) is 11.3. The second-order valence-electron chi connectivity index (χ2n) is 7.20. The molecule has 2 aliphatic rings. The van der Waals surface area contributed by atoms with Crippen LogP contribution in [-0.2, 0) is 6.54 Å². The van der Waals surface area contributed by atoms with Crippen molar-refractivity contribution in [3.8, 4) is 6.07 Å². The fraction of sp³-hybridized carbons (Fsp3) is 0.400. The molecule has 1 aromatic heterocycles. The fourth-order valence-corrected chi connectivity index (χ4v) is 4.30. The second-order valence-corrected chi connectivity index (χ2v) is 7.67. The number of benzene rings is 1. The quantitative estimate of drug-likeness (QED) is 0.798. The zero-order valence-electron chi connectivity index (χ0n) is 15.4. The van der Waals surface area contributed by atoms with Crippen molar-refractivity contribution in [1.29, 1.82) is 5.26 Å². The van der Waals surface area contributed by atoms with Gasteiger partial charge in [0.2, 0.25) is 0 Å². The number of fused-ring (bicyclic) bond motifs is 1. The molecule has 6 nitrogen and oxygen atoms in total. The van der Waals surface area contributed by atoms with Crippen molar-refractivity contribution in [1.82, 2.24) is 4.98 Å². The summed E-state index contributed by atoms with van der Waals surface area (Å²) in [5.41, 5.74) is 9.99. The van der Waals surface area contributed by atoms with Crippen LogP contribution in [0.2, 0.25) is 0 Å². The van der Waals surface area contributed by atoms with Crippen LogP contribution in [-0.4, -0.2) is 36.7 Å². The normalized spacial score (nSPS) is 21.9. The van der Waals surface area contributed by atoms with Gasteiger partial charge in [0, 0.05) is 38.9 Å². The first-order valence-corrected chi connectivity index (χ1v) is 9.77. The van der Waals surface area contributed by atoms with Crippen molar-refractivity contribution in [2.75, 3.05) is 34.8 Å². The number of nitrogens with zero attached hydrogens (tertiary/aromatic N) is 5. The first kappa shape index (κ1) is 18.0. The van der Waals surface area contributed by atoms with Crippen molar-refractivity contribution in [3.63, 3.8) is 0 Å². The molecule has 0 radical (unpaired) electrons. The lowest BCUT2D eigenvalue weighted by atomic mass is 10.1. The molecular weight excluding hydrogens is 356 g/mol. The molecule has 0 bridgehead atoms. The summed E-state index contributed by atoms with van der Waals surface area (Å²) in [7, 11) is 2.01. The van der Waals surface area contributed by atoms with Crippen LogP contribution in [0, 0.1) is 11.3 Å². The first-order chi connectivity index (χ1) is 13.1. The van der Waals surface area contributed by atoms with E-state index in [0.29, 0.717) is 12.1 Å². The van der Waals surface area contributed by atoms with Gasteiger partial charge in [-0.25, -0.2) is 4.98 Å². The molecule has 140 valence electrons. The maximum absolute atomic E-state index is 9.46. The van der Waals surface area contributed by atoms with Gasteiger partial charge in [-0.3, -0.25) is 0 Å².